The molecule has 1 atom stereocenters. The van der Waals surface area contributed by atoms with E-state index >= 15 is 0 Å². The number of hydrogen-bond acceptors (Lipinski definition) is 3. The lowest BCUT2D eigenvalue weighted by molar-refractivity contribution is -0.123. The van der Waals surface area contributed by atoms with Crippen LogP contribution in [-0.4, -0.2) is 19.6 Å². The number of rotatable bonds is 6. The number of benzene rings is 2. The number of nitrogens with one attached hydrogen (secondary N) is 1. The van der Waals surface area contributed by atoms with Crippen LogP contribution in [0.3, 0.4) is 0 Å². The van der Waals surface area contributed by atoms with Gasteiger partial charge < -0.3 is 14.8 Å². The standard InChI is InChI=1S/C19H23NO3/c1-13-8-9-18(14(2)10-13)15(3)20-19(21)12-23-17-7-5-6-16(11-17)22-4/h5-11,15H,12H2,1-4H3,(H,20,21). The number of hydrogen-bond donors (Lipinski definition) is 1. The van der Waals surface area contributed by atoms with Crippen molar-refractivity contribution < 1.29 is 14.3 Å². The van der Waals surface area contributed by atoms with Crippen LogP contribution in [0, 0.1) is 13.8 Å². The zero-order chi connectivity index (χ0) is 16.8. The molecule has 0 bridgehead atoms. The maximum absolute atomic E-state index is 12.1. The Kier molecular flexibility index (Phi) is 5.63. The van der Waals surface area contributed by atoms with Crippen LogP contribution in [0.2, 0.25) is 0 Å². The predicted octanol–water partition coefficient (Wildman–Crippen LogP) is 3.57. The van der Waals surface area contributed by atoms with Gasteiger partial charge in [0.15, 0.2) is 6.61 Å². The number of carbonyl (C=O) groups is 1. The van der Waals surface area contributed by atoms with Crippen LogP contribution >= 0.6 is 0 Å². The molecule has 0 aliphatic carbocycles. The molecule has 2 aromatic carbocycles. The molecule has 23 heavy (non-hydrogen) atoms. The minimum Gasteiger partial charge on any atom is -0.497 e. The average Bonchev–Trinajstić information content (AvgIpc) is 2.53. The minimum absolute atomic E-state index is 0.0254. The number of methoxy groups -OCH3 is 1. The molecule has 2 rings (SSSR count). The summed E-state index contributed by atoms with van der Waals surface area (Å²) in [4.78, 5) is 12.1. The Morgan fingerprint density at radius 2 is 1.87 bits per heavy atom. The van der Waals surface area contributed by atoms with Crippen LogP contribution in [0.25, 0.3) is 0 Å². The Morgan fingerprint density at radius 1 is 1.13 bits per heavy atom. The summed E-state index contributed by atoms with van der Waals surface area (Å²) < 4.78 is 10.6. The van der Waals surface area contributed by atoms with Crippen LogP contribution < -0.4 is 14.8 Å². The summed E-state index contributed by atoms with van der Waals surface area (Å²) in [5, 5.41) is 2.96. The van der Waals surface area contributed by atoms with Crippen molar-refractivity contribution in [3.05, 3.63) is 59.2 Å². The first-order valence-corrected chi connectivity index (χ1v) is 7.63. The first kappa shape index (κ1) is 16.9. The highest BCUT2D eigenvalue weighted by molar-refractivity contribution is 5.78. The molecule has 0 aliphatic heterocycles. The second-order valence-electron chi connectivity index (χ2n) is 5.62. The molecule has 4 nitrogen and oxygen atoms in total. The third-order valence-electron chi connectivity index (χ3n) is 3.68. The van der Waals surface area contributed by atoms with Crippen molar-refractivity contribution in [2.24, 2.45) is 0 Å². The van der Waals surface area contributed by atoms with Crippen LogP contribution in [0.4, 0.5) is 0 Å². The molecule has 0 saturated heterocycles. The van der Waals surface area contributed by atoms with Crippen molar-refractivity contribution in [3.63, 3.8) is 0 Å². The summed E-state index contributed by atoms with van der Waals surface area (Å²) in [6.45, 7) is 6.06. The lowest BCUT2D eigenvalue weighted by Gasteiger charge is -2.17. The maximum Gasteiger partial charge on any atom is 0.258 e. The molecule has 4 heteroatoms. The monoisotopic (exact) mass is 313 g/mol. The van der Waals surface area contributed by atoms with E-state index in [4.69, 9.17) is 9.47 Å². The summed E-state index contributed by atoms with van der Waals surface area (Å²) in [5.74, 6) is 1.16. The van der Waals surface area contributed by atoms with E-state index < -0.39 is 0 Å². The van der Waals surface area contributed by atoms with Gasteiger partial charge in [0.05, 0.1) is 13.2 Å². The van der Waals surface area contributed by atoms with Gasteiger partial charge in [-0.15, -0.1) is 0 Å². The van der Waals surface area contributed by atoms with Gasteiger partial charge in [0.1, 0.15) is 11.5 Å². The Bertz CT molecular complexity index is 682. The molecule has 0 aliphatic rings. The Hall–Kier alpha value is -2.49. The normalized spacial score (nSPS) is 11.7. The molecule has 122 valence electrons. The second kappa shape index (κ2) is 7.68. The number of amides is 1. The summed E-state index contributed by atoms with van der Waals surface area (Å²) in [6.07, 6.45) is 0. The van der Waals surface area contributed by atoms with Gasteiger partial charge in [-0.3, -0.25) is 4.79 Å². The van der Waals surface area contributed by atoms with E-state index in [1.807, 2.05) is 19.1 Å². The highest BCUT2D eigenvalue weighted by atomic mass is 16.5. The van der Waals surface area contributed by atoms with Crippen molar-refractivity contribution in [2.75, 3.05) is 13.7 Å². The summed E-state index contributed by atoms with van der Waals surface area (Å²) >= 11 is 0. The molecule has 0 heterocycles. The maximum atomic E-state index is 12.1. The van der Waals surface area contributed by atoms with Crippen LogP contribution in [0.15, 0.2) is 42.5 Å². The molecule has 0 spiro atoms. The largest absolute Gasteiger partial charge is 0.497 e. The van der Waals surface area contributed by atoms with Crippen molar-refractivity contribution in [1.82, 2.24) is 5.32 Å². The quantitative estimate of drug-likeness (QED) is 0.887. The van der Waals surface area contributed by atoms with Gasteiger partial charge in [-0.2, -0.15) is 0 Å². The molecule has 0 aromatic heterocycles. The van der Waals surface area contributed by atoms with E-state index in [0.29, 0.717) is 11.5 Å². The Balaban J connectivity index is 1.91. The molecule has 2 aromatic rings. The number of aryl methyl sites for hydroxylation is 2. The summed E-state index contributed by atoms with van der Waals surface area (Å²) in [5.41, 5.74) is 3.50. The first-order valence-electron chi connectivity index (χ1n) is 7.63. The molecular formula is C19H23NO3. The van der Waals surface area contributed by atoms with E-state index in [1.54, 1.807) is 19.2 Å². The van der Waals surface area contributed by atoms with Gasteiger partial charge in [0, 0.05) is 6.07 Å². The molecular weight excluding hydrogens is 290 g/mol. The molecule has 1 N–H and O–H groups in total. The lowest BCUT2D eigenvalue weighted by Crippen LogP contribution is -2.31. The van der Waals surface area contributed by atoms with Gasteiger partial charge in [0.2, 0.25) is 0 Å². The van der Waals surface area contributed by atoms with E-state index in [9.17, 15) is 4.79 Å². The topological polar surface area (TPSA) is 47.6 Å². The highest BCUT2D eigenvalue weighted by Gasteiger charge is 2.12. The predicted molar refractivity (Wildman–Crippen MR) is 91.0 cm³/mol. The zero-order valence-electron chi connectivity index (χ0n) is 14.1. The van der Waals surface area contributed by atoms with E-state index in [-0.39, 0.29) is 18.6 Å². The first-order chi connectivity index (χ1) is 11.0. The fourth-order valence-corrected chi connectivity index (χ4v) is 2.51. The smallest absolute Gasteiger partial charge is 0.258 e. The van der Waals surface area contributed by atoms with E-state index in [2.05, 4.69) is 37.4 Å². The second-order valence-corrected chi connectivity index (χ2v) is 5.62. The van der Waals surface area contributed by atoms with Crippen molar-refractivity contribution in [3.8, 4) is 11.5 Å². The van der Waals surface area contributed by atoms with Crippen LogP contribution in [0.1, 0.15) is 29.7 Å². The third kappa shape index (κ3) is 4.74. The molecule has 1 unspecified atom stereocenters. The van der Waals surface area contributed by atoms with Gasteiger partial charge in [0.25, 0.3) is 5.91 Å². The fraction of sp³-hybridized carbons (Fsp3) is 0.316. The summed E-state index contributed by atoms with van der Waals surface area (Å²) in [7, 11) is 1.59. The molecule has 0 radical (unpaired) electrons. The van der Waals surface area contributed by atoms with Crippen molar-refractivity contribution >= 4 is 5.91 Å². The molecule has 1 amide bonds. The molecule has 0 saturated carbocycles. The van der Waals surface area contributed by atoms with E-state index in [1.165, 1.54) is 11.1 Å². The lowest BCUT2D eigenvalue weighted by atomic mass is 10.0. The Morgan fingerprint density at radius 3 is 2.57 bits per heavy atom. The Labute approximate surface area is 137 Å². The molecule has 0 fully saturated rings. The van der Waals surface area contributed by atoms with Gasteiger partial charge in [-0.05, 0) is 44.0 Å². The number of carbonyl (C=O) groups excluding carboxylic acids is 1. The third-order valence-corrected chi connectivity index (χ3v) is 3.68. The SMILES string of the molecule is COc1cccc(OCC(=O)NC(C)c2ccc(C)cc2C)c1. The van der Waals surface area contributed by atoms with Crippen molar-refractivity contribution in [1.29, 1.82) is 0 Å². The summed E-state index contributed by atoms with van der Waals surface area (Å²) in [6, 6.07) is 13.4. The minimum atomic E-state index is -0.153. The van der Waals surface area contributed by atoms with Crippen molar-refractivity contribution in [2.45, 2.75) is 26.8 Å². The van der Waals surface area contributed by atoms with Crippen LogP contribution in [0.5, 0.6) is 11.5 Å². The van der Waals surface area contributed by atoms with E-state index in [0.717, 1.165) is 5.56 Å². The zero-order valence-corrected chi connectivity index (χ0v) is 14.1. The average molecular weight is 313 g/mol. The van der Waals surface area contributed by atoms with Crippen LogP contribution in [-0.2, 0) is 4.79 Å². The fourth-order valence-electron chi connectivity index (χ4n) is 2.51. The van der Waals surface area contributed by atoms with Gasteiger partial charge in [-0.25, -0.2) is 0 Å². The van der Waals surface area contributed by atoms with Gasteiger partial charge in [-0.1, -0.05) is 29.8 Å². The van der Waals surface area contributed by atoms with Gasteiger partial charge >= 0.3 is 0 Å². The highest BCUT2D eigenvalue weighted by Crippen LogP contribution is 2.20. The number of ether oxygens (including phenoxy) is 2.